The molecule has 2 rings (SSSR count). The van der Waals surface area contributed by atoms with E-state index in [0.717, 1.165) is 19.3 Å². The van der Waals surface area contributed by atoms with Crippen molar-refractivity contribution in [2.75, 3.05) is 19.7 Å². The molecule has 2 aliphatic rings. The molecule has 0 aromatic heterocycles. The largest absolute Gasteiger partial charge is 0.481 e. The van der Waals surface area contributed by atoms with Gasteiger partial charge in [-0.15, -0.1) is 0 Å². The van der Waals surface area contributed by atoms with Crippen LogP contribution in [0, 0.1) is 5.92 Å². The third-order valence-electron chi connectivity index (χ3n) is 3.85. The number of hydrogen-bond donors (Lipinski definition) is 1. The van der Waals surface area contributed by atoms with Crippen molar-refractivity contribution in [1.82, 2.24) is 4.90 Å². The molecule has 1 saturated carbocycles. The van der Waals surface area contributed by atoms with E-state index in [1.165, 1.54) is 0 Å². The average molecular weight is 241 g/mol. The zero-order chi connectivity index (χ0) is 12.5. The Labute approximate surface area is 101 Å². The summed E-state index contributed by atoms with van der Waals surface area (Å²) in [5.74, 6) is -1.30. The molecule has 1 aliphatic carbocycles. The fourth-order valence-electron chi connectivity index (χ4n) is 2.33. The van der Waals surface area contributed by atoms with E-state index in [1.54, 1.807) is 4.90 Å². The summed E-state index contributed by atoms with van der Waals surface area (Å²) in [6.07, 6.45) is 3.74. The highest BCUT2D eigenvalue weighted by molar-refractivity contribution is 5.79. The maximum Gasteiger partial charge on any atom is 0.308 e. The Morgan fingerprint density at radius 1 is 1.47 bits per heavy atom. The Morgan fingerprint density at radius 2 is 2.18 bits per heavy atom. The first-order valence-electron chi connectivity index (χ1n) is 6.15. The minimum atomic E-state index is -0.813. The van der Waals surface area contributed by atoms with E-state index in [9.17, 15) is 9.59 Å². The molecular formula is C12H19NO4. The molecule has 0 bridgehead atoms. The minimum absolute atomic E-state index is 0.0816. The lowest BCUT2D eigenvalue weighted by atomic mass is 9.82. The van der Waals surface area contributed by atoms with Crippen molar-refractivity contribution in [3.8, 4) is 0 Å². The van der Waals surface area contributed by atoms with Crippen LogP contribution >= 0.6 is 0 Å². The number of likely N-dealkylation sites (tertiary alicyclic amines) is 1. The van der Waals surface area contributed by atoms with E-state index in [-0.39, 0.29) is 18.1 Å². The molecule has 1 heterocycles. The molecule has 0 aromatic rings. The van der Waals surface area contributed by atoms with Crippen LogP contribution in [0.2, 0.25) is 0 Å². The first kappa shape index (κ1) is 12.4. The predicted molar refractivity (Wildman–Crippen MR) is 60.5 cm³/mol. The van der Waals surface area contributed by atoms with E-state index < -0.39 is 11.9 Å². The second kappa shape index (κ2) is 4.64. The van der Waals surface area contributed by atoms with Gasteiger partial charge in [0.2, 0.25) is 5.91 Å². The third-order valence-corrected chi connectivity index (χ3v) is 3.85. The number of carboxylic acids is 1. The third kappa shape index (κ3) is 2.77. The smallest absolute Gasteiger partial charge is 0.308 e. The molecule has 5 nitrogen and oxygen atoms in total. The van der Waals surface area contributed by atoms with Gasteiger partial charge in [-0.25, -0.2) is 0 Å². The molecule has 5 heteroatoms. The van der Waals surface area contributed by atoms with Crippen molar-refractivity contribution in [3.05, 3.63) is 0 Å². The van der Waals surface area contributed by atoms with Gasteiger partial charge in [-0.3, -0.25) is 9.59 Å². The summed E-state index contributed by atoms with van der Waals surface area (Å²) >= 11 is 0. The maximum absolute atomic E-state index is 11.8. The lowest BCUT2D eigenvalue weighted by molar-refractivity contribution is -0.148. The molecular weight excluding hydrogens is 222 g/mol. The highest BCUT2D eigenvalue weighted by Crippen LogP contribution is 2.34. The van der Waals surface area contributed by atoms with Gasteiger partial charge in [0.25, 0.3) is 0 Å². The SMILES string of the molecule is CC1(OCC(=O)N2CCC(C(=O)O)C2)CCC1. The summed E-state index contributed by atoms with van der Waals surface area (Å²) in [5.41, 5.74) is -0.123. The van der Waals surface area contributed by atoms with Gasteiger partial charge in [0.15, 0.2) is 0 Å². The van der Waals surface area contributed by atoms with Crippen LogP contribution in [0.25, 0.3) is 0 Å². The van der Waals surface area contributed by atoms with Gasteiger partial charge in [0.05, 0.1) is 11.5 Å². The summed E-state index contributed by atoms with van der Waals surface area (Å²) in [7, 11) is 0. The first-order chi connectivity index (χ1) is 8.00. The van der Waals surface area contributed by atoms with Gasteiger partial charge < -0.3 is 14.7 Å². The zero-order valence-corrected chi connectivity index (χ0v) is 10.1. The van der Waals surface area contributed by atoms with Crippen LogP contribution in [0.15, 0.2) is 0 Å². The quantitative estimate of drug-likeness (QED) is 0.793. The first-order valence-corrected chi connectivity index (χ1v) is 6.15. The average Bonchev–Trinajstić information content (AvgIpc) is 2.72. The number of nitrogens with zero attached hydrogens (tertiary/aromatic N) is 1. The second-order valence-corrected chi connectivity index (χ2v) is 5.26. The molecule has 1 saturated heterocycles. The molecule has 17 heavy (non-hydrogen) atoms. The van der Waals surface area contributed by atoms with E-state index in [2.05, 4.69) is 0 Å². The molecule has 2 fully saturated rings. The molecule has 1 unspecified atom stereocenters. The maximum atomic E-state index is 11.8. The minimum Gasteiger partial charge on any atom is -0.481 e. The molecule has 96 valence electrons. The predicted octanol–water partition coefficient (Wildman–Crippen LogP) is 0.879. The van der Waals surface area contributed by atoms with Gasteiger partial charge in [-0.05, 0) is 32.6 Å². The zero-order valence-electron chi connectivity index (χ0n) is 10.1. The lowest BCUT2D eigenvalue weighted by Crippen LogP contribution is -2.41. The van der Waals surface area contributed by atoms with Crippen LogP contribution in [-0.2, 0) is 14.3 Å². The number of rotatable bonds is 4. The van der Waals surface area contributed by atoms with E-state index in [0.29, 0.717) is 19.5 Å². The van der Waals surface area contributed by atoms with Crippen LogP contribution < -0.4 is 0 Å². The standard InChI is InChI=1S/C12H19NO4/c1-12(4-2-5-12)17-8-10(14)13-6-3-9(7-13)11(15)16/h9H,2-8H2,1H3,(H,15,16). The van der Waals surface area contributed by atoms with Crippen molar-refractivity contribution < 1.29 is 19.4 Å². The van der Waals surface area contributed by atoms with Crippen molar-refractivity contribution in [3.63, 3.8) is 0 Å². The lowest BCUT2D eigenvalue weighted by Gasteiger charge is -2.38. The van der Waals surface area contributed by atoms with Crippen molar-refractivity contribution in [2.24, 2.45) is 5.92 Å². The van der Waals surface area contributed by atoms with Crippen LogP contribution in [0.3, 0.4) is 0 Å². The summed E-state index contributed by atoms with van der Waals surface area (Å²) in [4.78, 5) is 24.2. The van der Waals surface area contributed by atoms with Crippen molar-refractivity contribution in [2.45, 2.75) is 38.2 Å². The molecule has 0 spiro atoms. The number of carboxylic acid groups (broad SMARTS) is 1. The monoisotopic (exact) mass is 241 g/mol. The van der Waals surface area contributed by atoms with E-state index in [4.69, 9.17) is 9.84 Å². The van der Waals surface area contributed by atoms with Gasteiger partial charge in [-0.2, -0.15) is 0 Å². The molecule has 0 aromatic carbocycles. The summed E-state index contributed by atoms with van der Waals surface area (Å²) in [6.45, 7) is 2.97. The molecule has 1 aliphatic heterocycles. The Hall–Kier alpha value is -1.10. The number of carbonyl (C=O) groups excluding carboxylic acids is 1. The second-order valence-electron chi connectivity index (χ2n) is 5.26. The van der Waals surface area contributed by atoms with Gasteiger partial charge in [0, 0.05) is 13.1 Å². The number of aliphatic carboxylic acids is 1. The number of ether oxygens (including phenoxy) is 1. The number of amides is 1. The summed E-state index contributed by atoms with van der Waals surface area (Å²) in [6, 6.07) is 0. The summed E-state index contributed by atoms with van der Waals surface area (Å²) < 4.78 is 5.60. The van der Waals surface area contributed by atoms with Crippen molar-refractivity contribution in [1.29, 1.82) is 0 Å². The fraction of sp³-hybridized carbons (Fsp3) is 0.833. The molecule has 1 amide bonds. The highest BCUT2D eigenvalue weighted by atomic mass is 16.5. The van der Waals surface area contributed by atoms with Gasteiger partial charge >= 0.3 is 5.97 Å². The van der Waals surface area contributed by atoms with Gasteiger partial charge in [0.1, 0.15) is 6.61 Å². The molecule has 0 radical (unpaired) electrons. The number of carbonyl (C=O) groups is 2. The van der Waals surface area contributed by atoms with Crippen LogP contribution in [-0.4, -0.2) is 47.2 Å². The molecule has 1 atom stereocenters. The number of hydrogen-bond acceptors (Lipinski definition) is 3. The van der Waals surface area contributed by atoms with Crippen LogP contribution in [0.4, 0.5) is 0 Å². The Kier molecular flexibility index (Phi) is 3.38. The van der Waals surface area contributed by atoms with Crippen molar-refractivity contribution >= 4 is 11.9 Å². The fourth-order valence-corrected chi connectivity index (χ4v) is 2.33. The van der Waals surface area contributed by atoms with E-state index >= 15 is 0 Å². The van der Waals surface area contributed by atoms with Gasteiger partial charge in [-0.1, -0.05) is 0 Å². The molecule has 1 N–H and O–H groups in total. The van der Waals surface area contributed by atoms with Crippen LogP contribution in [0.1, 0.15) is 32.6 Å². The normalized spacial score (nSPS) is 26.6. The Balaban J connectivity index is 1.75. The van der Waals surface area contributed by atoms with Crippen LogP contribution in [0.5, 0.6) is 0 Å². The Bertz CT molecular complexity index is 324. The summed E-state index contributed by atoms with van der Waals surface area (Å²) in [5, 5.41) is 8.85. The highest BCUT2D eigenvalue weighted by Gasteiger charge is 2.35. The van der Waals surface area contributed by atoms with E-state index in [1.807, 2.05) is 6.92 Å². The Morgan fingerprint density at radius 3 is 2.65 bits per heavy atom. The topological polar surface area (TPSA) is 66.8 Å².